The fourth-order valence-electron chi connectivity index (χ4n) is 1.10. The average molecular weight is 225 g/mol. The summed E-state index contributed by atoms with van der Waals surface area (Å²) in [6.07, 6.45) is -0.415. The van der Waals surface area contributed by atoms with E-state index in [0.29, 0.717) is 0 Å². The van der Waals surface area contributed by atoms with Crippen LogP contribution in [0.2, 0.25) is 0 Å². The number of anilines is 1. The molecule has 0 fully saturated rings. The molecule has 4 nitrogen and oxygen atoms in total. The SMILES string of the molecule is CCOC(=O)CC(=O)Nc1ccccc1F. The van der Waals surface area contributed by atoms with Crippen LogP contribution in [0.1, 0.15) is 13.3 Å². The van der Waals surface area contributed by atoms with Crippen LogP contribution in [0.15, 0.2) is 24.3 Å². The molecule has 0 bridgehead atoms. The Hall–Kier alpha value is -1.91. The van der Waals surface area contributed by atoms with Crippen molar-refractivity contribution >= 4 is 17.6 Å². The highest BCUT2D eigenvalue weighted by molar-refractivity contribution is 6.01. The van der Waals surface area contributed by atoms with Crippen molar-refractivity contribution in [1.82, 2.24) is 0 Å². The lowest BCUT2D eigenvalue weighted by molar-refractivity contribution is -0.145. The third-order valence-electron chi connectivity index (χ3n) is 1.76. The molecule has 1 N–H and O–H groups in total. The van der Waals surface area contributed by atoms with Crippen LogP contribution < -0.4 is 5.32 Å². The molecule has 0 heterocycles. The molecule has 1 rings (SSSR count). The normalized spacial score (nSPS) is 9.62. The van der Waals surface area contributed by atoms with Gasteiger partial charge in [0, 0.05) is 0 Å². The van der Waals surface area contributed by atoms with Crippen molar-refractivity contribution in [3.63, 3.8) is 0 Å². The summed E-state index contributed by atoms with van der Waals surface area (Å²) < 4.78 is 17.7. The van der Waals surface area contributed by atoms with Gasteiger partial charge in [-0.1, -0.05) is 12.1 Å². The topological polar surface area (TPSA) is 55.4 Å². The van der Waals surface area contributed by atoms with Crippen molar-refractivity contribution in [3.05, 3.63) is 30.1 Å². The van der Waals surface area contributed by atoms with Crippen molar-refractivity contribution < 1.29 is 18.7 Å². The summed E-state index contributed by atoms with van der Waals surface area (Å²) in [5.41, 5.74) is 0.0526. The second-order valence-electron chi connectivity index (χ2n) is 3.01. The van der Waals surface area contributed by atoms with Gasteiger partial charge in [-0.2, -0.15) is 0 Å². The van der Waals surface area contributed by atoms with Crippen LogP contribution in [0.25, 0.3) is 0 Å². The molecular formula is C11H12FNO3. The van der Waals surface area contributed by atoms with E-state index in [1.165, 1.54) is 18.2 Å². The molecular weight excluding hydrogens is 213 g/mol. The Morgan fingerprint density at radius 3 is 2.69 bits per heavy atom. The largest absolute Gasteiger partial charge is 0.466 e. The number of ether oxygens (including phenoxy) is 1. The molecule has 0 aromatic heterocycles. The van der Waals surface area contributed by atoms with Gasteiger partial charge in [0.25, 0.3) is 0 Å². The third-order valence-corrected chi connectivity index (χ3v) is 1.76. The molecule has 0 unspecified atom stereocenters. The summed E-state index contributed by atoms with van der Waals surface area (Å²) in [7, 11) is 0. The van der Waals surface area contributed by atoms with Gasteiger partial charge in [0.05, 0.1) is 12.3 Å². The van der Waals surface area contributed by atoms with E-state index in [-0.39, 0.29) is 12.3 Å². The molecule has 0 spiro atoms. The summed E-state index contributed by atoms with van der Waals surface area (Å²) in [6, 6.07) is 5.73. The number of rotatable bonds is 4. The lowest BCUT2D eigenvalue weighted by Crippen LogP contribution is -2.18. The third kappa shape index (κ3) is 3.68. The molecule has 1 amide bonds. The number of carbonyl (C=O) groups is 2. The molecule has 0 aliphatic heterocycles. The zero-order chi connectivity index (χ0) is 12.0. The van der Waals surface area contributed by atoms with E-state index in [9.17, 15) is 14.0 Å². The van der Waals surface area contributed by atoms with E-state index in [0.717, 1.165) is 0 Å². The van der Waals surface area contributed by atoms with E-state index in [2.05, 4.69) is 10.1 Å². The van der Waals surface area contributed by atoms with Gasteiger partial charge in [-0.3, -0.25) is 9.59 Å². The van der Waals surface area contributed by atoms with Gasteiger partial charge in [-0.25, -0.2) is 4.39 Å². The quantitative estimate of drug-likeness (QED) is 0.627. The van der Waals surface area contributed by atoms with Gasteiger partial charge in [0.15, 0.2) is 0 Å². The molecule has 16 heavy (non-hydrogen) atoms. The molecule has 0 atom stereocenters. The van der Waals surface area contributed by atoms with Crippen LogP contribution in [0.3, 0.4) is 0 Å². The molecule has 0 aliphatic rings. The Balaban J connectivity index is 2.52. The van der Waals surface area contributed by atoms with E-state index in [1.54, 1.807) is 13.0 Å². The monoisotopic (exact) mass is 225 g/mol. The fraction of sp³-hybridized carbons (Fsp3) is 0.273. The molecule has 0 aliphatic carbocycles. The number of para-hydroxylation sites is 1. The second-order valence-corrected chi connectivity index (χ2v) is 3.01. The number of halogens is 1. The van der Waals surface area contributed by atoms with Gasteiger partial charge in [-0.15, -0.1) is 0 Å². The van der Waals surface area contributed by atoms with Crippen molar-refractivity contribution in [1.29, 1.82) is 0 Å². The average Bonchev–Trinajstić information content (AvgIpc) is 2.21. The number of hydrogen-bond acceptors (Lipinski definition) is 3. The first-order valence-corrected chi connectivity index (χ1v) is 4.83. The maximum absolute atomic E-state index is 13.1. The highest BCUT2D eigenvalue weighted by atomic mass is 19.1. The minimum atomic E-state index is -0.628. The second kappa shape index (κ2) is 5.85. The smallest absolute Gasteiger partial charge is 0.315 e. The van der Waals surface area contributed by atoms with Gasteiger partial charge < -0.3 is 10.1 Å². The van der Waals surface area contributed by atoms with Crippen molar-refractivity contribution in [2.24, 2.45) is 0 Å². The van der Waals surface area contributed by atoms with Crippen molar-refractivity contribution in [2.75, 3.05) is 11.9 Å². The minimum Gasteiger partial charge on any atom is -0.466 e. The predicted molar refractivity (Wildman–Crippen MR) is 56.3 cm³/mol. The maximum atomic E-state index is 13.1. The van der Waals surface area contributed by atoms with Crippen LogP contribution in [0.5, 0.6) is 0 Å². The van der Waals surface area contributed by atoms with Crippen LogP contribution in [-0.4, -0.2) is 18.5 Å². The summed E-state index contributed by atoms with van der Waals surface area (Å²) in [6.45, 7) is 1.86. The number of hydrogen-bond donors (Lipinski definition) is 1. The lowest BCUT2D eigenvalue weighted by Gasteiger charge is -2.05. The Bertz CT molecular complexity index is 393. The molecule has 0 saturated carbocycles. The summed E-state index contributed by atoms with van der Waals surface area (Å²) in [5, 5.41) is 2.28. The van der Waals surface area contributed by atoms with Crippen molar-refractivity contribution in [3.8, 4) is 0 Å². The number of carbonyl (C=O) groups excluding carboxylic acids is 2. The Morgan fingerprint density at radius 1 is 1.38 bits per heavy atom. The zero-order valence-electron chi connectivity index (χ0n) is 8.83. The first-order chi connectivity index (χ1) is 7.63. The molecule has 5 heteroatoms. The van der Waals surface area contributed by atoms with Gasteiger partial charge >= 0.3 is 5.97 Å². The minimum absolute atomic E-state index is 0.0526. The van der Waals surface area contributed by atoms with E-state index in [4.69, 9.17) is 0 Å². The number of benzene rings is 1. The maximum Gasteiger partial charge on any atom is 0.315 e. The summed E-state index contributed by atoms with van der Waals surface area (Å²) in [4.78, 5) is 22.2. The lowest BCUT2D eigenvalue weighted by atomic mass is 10.3. The van der Waals surface area contributed by atoms with E-state index in [1.807, 2.05) is 0 Å². The van der Waals surface area contributed by atoms with Gasteiger partial charge in [0.1, 0.15) is 12.2 Å². The first-order valence-electron chi connectivity index (χ1n) is 4.83. The predicted octanol–water partition coefficient (Wildman–Crippen LogP) is 1.72. The van der Waals surface area contributed by atoms with Crippen molar-refractivity contribution in [2.45, 2.75) is 13.3 Å². The highest BCUT2D eigenvalue weighted by Gasteiger charge is 2.11. The van der Waals surface area contributed by atoms with Crippen LogP contribution >= 0.6 is 0 Å². The van der Waals surface area contributed by atoms with Gasteiger partial charge in [0.2, 0.25) is 5.91 Å². The molecule has 0 radical (unpaired) electrons. The summed E-state index contributed by atoms with van der Waals surface area (Å²) >= 11 is 0. The van der Waals surface area contributed by atoms with E-state index >= 15 is 0 Å². The van der Waals surface area contributed by atoms with Crippen LogP contribution in [0, 0.1) is 5.82 Å². The fourth-order valence-corrected chi connectivity index (χ4v) is 1.10. The number of amides is 1. The number of nitrogens with one attached hydrogen (secondary N) is 1. The Labute approximate surface area is 92.4 Å². The van der Waals surface area contributed by atoms with Gasteiger partial charge in [-0.05, 0) is 19.1 Å². The Morgan fingerprint density at radius 2 is 2.06 bits per heavy atom. The standard InChI is InChI=1S/C11H12FNO3/c1-2-16-11(15)7-10(14)13-9-6-4-3-5-8(9)12/h3-6H,2,7H2,1H3,(H,13,14). The zero-order valence-corrected chi connectivity index (χ0v) is 8.83. The van der Waals surface area contributed by atoms with Crippen LogP contribution in [0.4, 0.5) is 10.1 Å². The first kappa shape index (κ1) is 12.2. The van der Waals surface area contributed by atoms with E-state index < -0.39 is 24.1 Å². The number of esters is 1. The van der Waals surface area contributed by atoms with Crippen LogP contribution in [-0.2, 0) is 14.3 Å². The molecule has 86 valence electrons. The Kier molecular flexibility index (Phi) is 4.44. The summed E-state index contributed by atoms with van der Waals surface area (Å²) in [5.74, 6) is -1.76. The molecule has 1 aromatic carbocycles. The highest BCUT2D eigenvalue weighted by Crippen LogP contribution is 2.12. The molecule has 1 aromatic rings. The molecule has 0 saturated heterocycles.